The molecular weight excluding hydrogens is 442 g/mol. The summed E-state index contributed by atoms with van der Waals surface area (Å²) in [6, 6.07) is 13.5. The molecular formula is C23H25N5O4S. The lowest BCUT2D eigenvalue weighted by Gasteiger charge is -2.28. The van der Waals surface area contributed by atoms with Crippen molar-refractivity contribution in [3.63, 3.8) is 0 Å². The Morgan fingerprint density at radius 2 is 1.88 bits per heavy atom. The smallest absolute Gasteiger partial charge is 0.237 e. The van der Waals surface area contributed by atoms with E-state index in [1.807, 2.05) is 29.7 Å². The van der Waals surface area contributed by atoms with Crippen molar-refractivity contribution in [3.05, 3.63) is 48.0 Å². The molecule has 1 fully saturated rings. The van der Waals surface area contributed by atoms with Gasteiger partial charge in [-0.15, -0.1) is 10.2 Å². The normalized spacial score (nSPS) is 16.0. The van der Waals surface area contributed by atoms with E-state index in [-0.39, 0.29) is 12.7 Å². The van der Waals surface area contributed by atoms with E-state index in [4.69, 9.17) is 14.2 Å². The van der Waals surface area contributed by atoms with Crippen LogP contribution in [-0.2, 0) is 9.53 Å². The number of para-hydroxylation sites is 1. The number of nitrogens with one attached hydrogen (secondary N) is 1. The Morgan fingerprint density at radius 1 is 1.09 bits per heavy atom. The Hall–Kier alpha value is -3.24. The number of amides is 1. The number of anilines is 2. The lowest BCUT2D eigenvalue weighted by molar-refractivity contribution is -0.115. The Kier molecular flexibility index (Phi) is 6.10. The van der Waals surface area contributed by atoms with Gasteiger partial charge in [0.25, 0.3) is 0 Å². The largest absolute Gasteiger partial charge is 0.454 e. The second-order valence-corrected chi connectivity index (χ2v) is 9.13. The highest BCUT2D eigenvalue weighted by molar-refractivity contribution is 8.00. The highest BCUT2D eigenvalue weighted by Gasteiger charge is 2.26. The van der Waals surface area contributed by atoms with Gasteiger partial charge in [-0.1, -0.05) is 30.0 Å². The maximum Gasteiger partial charge on any atom is 0.237 e. The molecule has 1 amide bonds. The first-order chi connectivity index (χ1) is 16.1. The summed E-state index contributed by atoms with van der Waals surface area (Å²) in [6.07, 6.45) is 0. The molecule has 5 rings (SSSR count). The van der Waals surface area contributed by atoms with Gasteiger partial charge in [-0.25, -0.2) is 0 Å². The van der Waals surface area contributed by atoms with Gasteiger partial charge in [-0.3, -0.25) is 9.36 Å². The molecule has 1 aromatic heterocycles. The van der Waals surface area contributed by atoms with Crippen molar-refractivity contribution in [3.8, 4) is 17.2 Å². The van der Waals surface area contributed by atoms with Gasteiger partial charge < -0.3 is 24.4 Å². The van der Waals surface area contributed by atoms with Gasteiger partial charge in [-0.05, 0) is 37.6 Å². The topological polar surface area (TPSA) is 90.7 Å². The number of hydrogen-bond donors (Lipinski definition) is 1. The van der Waals surface area contributed by atoms with Crippen LogP contribution in [0.2, 0.25) is 0 Å². The third kappa shape index (κ3) is 4.49. The van der Waals surface area contributed by atoms with Gasteiger partial charge in [0.05, 0.1) is 24.2 Å². The average molecular weight is 468 g/mol. The first-order valence-corrected chi connectivity index (χ1v) is 11.7. The number of rotatable bonds is 6. The lowest BCUT2D eigenvalue weighted by Crippen LogP contribution is -2.38. The fourth-order valence-electron chi connectivity index (χ4n) is 3.76. The van der Waals surface area contributed by atoms with E-state index in [2.05, 4.69) is 33.4 Å². The average Bonchev–Trinajstić information content (AvgIpc) is 3.46. The summed E-state index contributed by atoms with van der Waals surface area (Å²) in [6.45, 7) is 6.90. The molecule has 3 heterocycles. The number of ether oxygens (including phenoxy) is 3. The zero-order valence-electron chi connectivity index (χ0n) is 18.5. The SMILES string of the molecule is Cc1ccccc1-n1c(SC(C)C(=O)Nc2ccc3c(c2)OCO3)nnc1N1CCOCC1. The highest BCUT2D eigenvalue weighted by atomic mass is 32.2. The van der Waals surface area contributed by atoms with Crippen molar-refractivity contribution < 1.29 is 19.0 Å². The van der Waals surface area contributed by atoms with E-state index in [0.717, 1.165) is 30.3 Å². The zero-order chi connectivity index (χ0) is 22.8. The monoisotopic (exact) mass is 467 g/mol. The molecule has 0 bridgehead atoms. The standard InChI is InChI=1S/C23H25N5O4S/c1-15-5-3-4-6-18(15)28-22(27-9-11-30-12-10-27)25-26-23(28)33-16(2)21(29)24-17-7-8-19-20(13-17)32-14-31-19/h3-8,13,16H,9-12,14H2,1-2H3,(H,24,29). The third-order valence-corrected chi connectivity index (χ3v) is 6.60. The van der Waals surface area contributed by atoms with Crippen LogP contribution in [0.25, 0.3) is 5.69 Å². The van der Waals surface area contributed by atoms with Gasteiger partial charge in [0.15, 0.2) is 16.7 Å². The van der Waals surface area contributed by atoms with Crippen LogP contribution in [0.5, 0.6) is 11.5 Å². The number of hydrogen-bond acceptors (Lipinski definition) is 8. The minimum absolute atomic E-state index is 0.133. The van der Waals surface area contributed by atoms with Crippen molar-refractivity contribution in [2.24, 2.45) is 0 Å². The minimum atomic E-state index is -0.403. The molecule has 9 nitrogen and oxygen atoms in total. The quantitative estimate of drug-likeness (QED) is 0.553. The van der Waals surface area contributed by atoms with Crippen LogP contribution >= 0.6 is 11.8 Å². The number of nitrogens with zero attached hydrogens (tertiary/aromatic N) is 4. The van der Waals surface area contributed by atoms with Crippen LogP contribution in [0.15, 0.2) is 47.6 Å². The Balaban J connectivity index is 1.38. The predicted octanol–water partition coefficient (Wildman–Crippen LogP) is 3.26. The Bertz CT molecular complexity index is 1160. The van der Waals surface area contributed by atoms with Gasteiger partial charge >= 0.3 is 0 Å². The predicted molar refractivity (Wildman–Crippen MR) is 126 cm³/mol. The summed E-state index contributed by atoms with van der Waals surface area (Å²) in [7, 11) is 0. The van der Waals surface area contributed by atoms with Crippen LogP contribution in [-0.4, -0.2) is 59.0 Å². The molecule has 0 spiro atoms. The molecule has 1 atom stereocenters. The minimum Gasteiger partial charge on any atom is -0.454 e. The molecule has 1 unspecified atom stereocenters. The first kappa shape index (κ1) is 21.6. The Morgan fingerprint density at radius 3 is 2.70 bits per heavy atom. The van der Waals surface area contributed by atoms with Crippen molar-refractivity contribution in [2.45, 2.75) is 24.3 Å². The van der Waals surface area contributed by atoms with Crippen molar-refractivity contribution in [2.75, 3.05) is 43.3 Å². The number of carbonyl (C=O) groups excluding carboxylic acids is 1. The van der Waals surface area contributed by atoms with Crippen LogP contribution in [0.3, 0.4) is 0 Å². The summed E-state index contributed by atoms with van der Waals surface area (Å²) in [5, 5.41) is 12.2. The van der Waals surface area contributed by atoms with Crippen LogP contribution < -0.4 is 19.7 Å². The molecule has 3 aromatic rings. The number of thioether (sulfide) groups is 1. The highest BCUT2D eigenvalue weighted by Crippen LogP contribution is 2.35. The number of aromatic nitrogens is 3. The van der Waals surface area contributed by atoms with Crippen LogP contribution in [0, 0.1) is 6.92 Å². The van der Waals surface area contributed by atoms with E-state index in [9.17, 15) is 4.79 Å². The van der Waals surface area contributed by atoms with E-state index < -0.39 is 5.25 Å². The molecule has 2 aliphatic heterocycles. The fraction of sp³-hybridized carbons (Fsp3) is 0.348. The lowest BCUT2D eigenvalue weighted by atomic mass is 10.2. The maximum absolute atomic E-state index is 13.0. The first-order valence-electron chi connectivity index (χ1n) is 10.8. The maximum atomic E-state index is 13.0. The number of benzene rings is 2. The van der Waals surface area contributed by atoms with Crippen molar-refractivity contribution in [1.29, 1.82) is 0 Å². The van der Waals surface area contributed by atoms with Crippen LogP contribution in [0.1, 0.15) is 12.5 Å². The molecule has 1 N–H and O–H groups in total. The zero-order valence-corrected chi connectivity index (χ0v) is 19.3. The Labute approximate surface area is 196 Å². The molecule has 0 saturated carbocycles. The summed E-state index contributed by atoms with van der Waals surface area (Å²) in [5.74, 6) is 1.93. The summed E-state index contributed by atoms with van der Waals surface area (Å²) < 4.78 is 18.3. The third-order valence-electron chi connectivity index (χ3n) is 5.56. The molecule has 33 heavy (non-hydrogen) atoms. The summed E-state index contributed by atoms with van der Waals surface area (Å²) in [4.78, 5) is 15.1. The van der Waals surface area contributed by atoms with Crippen molar-refractivity contribution in [1.82, 2.24) is 14.8 Å². The van der Waals surface area contributed by atoms with Gasteiger partial charge in [-0.2, -0.15) is 0 Å². The number of aryl methyl sites for hydroxylation is 1. The van der Waals surface area contributed by atoms with E-state index in [0.29, 0.717) is 35.6 Å². The molecule has 0 radical (unpaired) electrons. The number of morpholine rings is 1. The molecule has 0 aliphatic carbocycles. The van der Waals surface area contributed by atoms with Crippen LogP contribution in [0.4, 0.5) is 11.6 Å². The number of carbonyl (C=O) groups is 1. The molecule has 10 heteroatoms. The second-order valence-electron chi connectivity index (χ2n) is 7.82. The van der Waals surface area contributed by atoms with Gasteiger partial charge in [0, 0.05) is 24.8 Å². The van der Waals surface area contributed by atoms with E-state index >= 15 is 0 Å². The van der Waals surface area contributed by atoms with E-state index in [1.165, 1.54) is 11.8 Å². The number of fused-ring (bicyclic) bond motifs is 1. The fourth-order valence-corrected chi connectivity index (χ4v) is 4.62. The molecule has 1 saturated heterocycles. The van der Waals surface area contributed by atoms with Gasteiger partial charge in [0.1, 0.15) is 0 Å². The van der Waals surface area contributed by atoms with E-state index in [1.54, 1.807) is 18.2 Å². The second kappa shape index (κ2) is 9.32. The summed E-state index contributed by atoms with van der Waals surface area (Å²) in [5.41, 5.74) is 2.76. The molecule has 172 valence electrons. The summed E-state index contributed by atoms with van der Waals surface area (Å²) >= 11 is 1.37. The van der Waals surface area contributed by atoms with Crippen molar-refractivity contribution >= 4 is 29.3 Å². The molecule has 2 aromatic carbocycles. The molecule has 2 aliphatic rings. The van der Waals surface area contributed by atoms with Gasteiger partial charge in [0.2, 0.25) is 18.6 Å².